The molecule has 1 heterocycles. The van der Waals surface area contributed by atoms with Crippen LogP contribution in [0.4, 0.5) is 0 Å². The molecule has 0 aliphatic carbocycles. The number of hydrogen-bond acceptors (Lipinski definition) is 5. The predicted molar refractivity (Wildman–Crippen MR) is 132 cm³/mol. The highest BCUT2D eigenvalue weighted by Gasteiger charge is 2.24. The molecule has 1 N–H and O–H groups in total. The van der Waals surface area contributed by atoms with E-state index in [0.717, 1.165) is 36.1 Å². The number of carbonyl (C=O) groups excluding carboxylic acids is 1. The second kappa shape index (κ2) is 10.7. The molecule has 2 aromatic rings. The Labute approximate surface area is 204 Å². The first kappa shape index (κ1) is 25.2. The van der Waals surface area contributed by atoms with Crippen LogP contribution in [0.3, 0.4) is 0 Å². The Kier molecular flexibility index (Phi) is 8.38. The number of rotatable bonds is 8. The molecule has 0 radical (unpaired) electrons. The second-order valence-electron chi connectivity index (χ2n) is 8.29. The molecule has 174 valence electrons. The van der Waals surface area contributed by atoms with Gasteiger partial charge in [-0.05, 0) is 62.0 Å². The zero-order valence-electron chi connectivity index (χ0n) is 18.6. The fourth-order valence-electron chi connectivity index (χ4n) is 3.86. The van der Waals surface area contributed by atoms with Gasteiger partial charge in [-0.3, -0.25) is 9.69 Å². The number of likely N-dealkylation sites (N-methyl/N-ethyl adjacent to an activating group) is 1. The summed E-state index contributed by atoms with van der Waals surface area (Å²) in [6.45, 7) is 4.58. The first-order valence-corrected chi connectivity index (χ1v) is 13.4. The lowest BCUT2D eigenvalue weighted by atomic mass is 10.1. The average Bonchev–Trinajstić information content (AvgIpc) is 3.22. The Morgan fingerprint density at radius 3 is 2.59 bits per heavy atom. The molecule has 2 aromatic carbocycles. The highest BCUT2D eigenvalue weighted by molar-refractivity contribution is 9.10. The van der Waals surface area contributed by atoms with E-state index in [-0.39, 0.29) is 23.1 Å². The molecule has 1 saturated heterocycles. The molecule has 1 aliphatic heterocycles. The van der Waals surface area contributed by atoms with Crippen molar-refractivity contribution in [3.05, 3.63) is 62.6 Å². The largest absolute Gasteiger partial charge is 0.348 e. The predicted octanol–water partition coefficient (Wildman–Crippen LogP) is 3.96. The van der Waals surface area contributed by atoms with Crippen LogP contribution in [0.2, 0.25) is 5.02 Å². The van der Waals surface area contributed by atoms with Gasteiger partial charge in [0.15, 0.2) is 9.84 Å². The van der Waals surface area contributed by atoms with E-state index in [9.17, 15) is 13.2 Å². The van der Waals surface area contributed by atoms with Crippen molar-refractivity contribution in [3.63, 3.8) is 0 Å². The fourth-order valence-corrected chi connectivity index (χ4v) is 5.67. The van der Waals surface area contributed by atoms with Gasteiger partial charge in [0.2, 0.25) is 0 Å². The van der Waals surface area contributed by atoms with Crippen LogP contribution in [0.15, 0.2) is 45.8 Å². The molecule has 1 aliphatic rings. The number of sulfone groups is 1. The van der Waals surface area contributed by atoms with Gasteiger partial charge in [0, 0.05) is 47.3 Å². The highest BCUT2D eigenvalue weighted by Crippen LogP contribution is 2.24. The van der Waals surface area contributed by atoms with E-state index in [0.29, 0.717) is 22.2 Å². The van der Waals surface area contributed by atoms with Crippen LogP contribution in [0.1, 0.15) is 34.8 Å². The van der Waals surface area contributed by atoms with Crippen molar-refractivity contribution >= 4 is 43.3 Å². The van der Waals surface area contributed by atoms with E-state index in [1.165, 1.54) is 6.07 Å². The summed E-state index contributed by atoms with van der Waals surface area (Å²) in [4.78, 5) is 17.6. The third-order valence-corrected chi connectivity index (χ3v) is 8.67. The Morgan fingerprint density at radius 2 is 1.97 bits per heavy atom. The van der Waals surface area contributed by atoms with Gasteiger partial charge in [-0.15, -0.1) is 0 Å². The molecule has 1 atom stereocenters. The van der Waals surface area contributed by atoms with Crippen molar-refractivity contribution in [3.8, 4) is 0 Å². The second-order valence-corrected chi connectivity index (χ2v) is 11.8. The number of halogens is 2. The number of hydrogen-bond donors (Lipinski definition) is 1. The molecule has 6 nitrogen and oxygen atoms in total. The molecule has 0 bridgehead atoms. The van der Waals surface area contributed by atoms with Gasteiger partial charge in [-0.2, -0.15) is 0 Å². The molecule has 0 aromatic heterocycles. The van der Waals surface area contributed by atoms with Gasteiger partial charge < -0.3 is 10.2 Å². The Balaban J connectivity index is 1.67. The molecule has 32 heavy (non-hydrogen) atoms. The molecule has 1 amide bonds. The van der Waals surface area contributed by atoms with E-state index < -0.39 is 9.84 Å². The van der Waals surface area contributed by atoms with Gasteiger partial charge in [0.1, 0.15) is 0 Å². The van der Waals surface area contributed by atoms with Gasteiger partial charge in [-0.1, -0.05) is 40.5 Å². The quantitative estimate of drug-likeness (QED) is 0.547. The summed E-state index contributed by atoms with van der Waals surface area (Å²) in [6.07, 6.45) is 1.16. The van der Waals surface area contributed by atoms with E-state index >= 15 is 0 Å². The highest BCUT2D eigenvalue weighted by atomic mass is 79.9. The zero-order chi connectivity index (χ0) is 23.5. The number of amides is 1. The maximum Gasteiger partial charge on any atom is 0.251 e. The van der Waals surface area contributed by atoms with Crippen LogP contribution < -0.4 is 5.32 Å². The normalized spacial score (nSPS) is 17.1. The molecule has 9 heteroatoms. The SMILES string of the molecule is CCS(=O)(=O)c1ccc(Cl)cc1CNC(=O)c1ccc(CN2CC[C@@H](N(C)C)C2)c(Br)c1. The van der Waals surface area contributed by atoms with Gasteiger partial charge in [-0.25, -0.2) is 8.42 Å². The van der Waals surface area contributed by atoms with Crippen LogP contribution in [-0.4, -0.2) is 63.1 Å². The lowest BCUT2D eigenvalue weighted by molar-refractivity contribution is 0.0950. The van der Waals surface area contributed by atoms with E-state index in [4.69, 9.17) is 11.6 Å². The maximum atomic E-state index is 12.7. The Bertz CT molecular complexity index is 1090. The van der Waals surface area contributed by atoms with Gasteiger partial charge in [0.05, 0.1) is 10.6 Å². The standard InChI is InChI=1S/C23H29BrClN3O3S/c1-4-32(30,31)22-8-7-19(25)11-18(22)13-26-23(29)16-5-6-17(21(24)12-16)14-28-10-9-20(15-28)27(2)3/h5-8,11-12,20H,4,9-10,13-15H2,1-3H3,(H,26,29)/t20-/m1/s1. The van der Waals surface area contributed by atoms with Crippen LogP contribution in [0.5, 0.6) is 0 Å². The Hall–Kier alpha value is -1.45. The summed E-state index contributed by atoms with van der Waals surface area (Å²) in [5.74, 6) is -0.290. The summed E-state index contributed by atoms with van der Waals surface area (Å²) in [6, 6.07) is 10.8. The lowest BCUT2D eigenvalue weighted by Crippen LogP contribution is -2.31. The van der Waals surface area contributed by atoms with Crippen LogP contribution in [-0.2, 0) is 22.9 Å². The van der Waals surface area contributed by atoms with Gasteiger partial charge in [0.25, 0.3) is 5.91 Å². The van der Waals surface area contributed by atoms with Crippen LogP contribution >= 0.6 is 27.5 Å². The third kappa shape index (κ3) is 6.11. The average molecular weight is 543 g/mol. The molecule has 1 fully saturated rings. The molecule has 0 saturated carbocycles. The molecule has 3 rings (SSSR count). The van der Waals surface area contributed by atoms with Crippen molar-refractivity contribution < 1.29 is 13.2 Å². The van der Waals surface area contributed by atoms with Crippen LogP contribution in [0.25, 0.3) is 0 Å². The summed E-state index contributed by atoms with van der Waals surface area (Å²) < 4.78 is 25.6. The summed E-state index contributed by atoms with van der Waals surface area (Å²) in [5.41, 5.74) is 2.12. The monoisotopic (exact) mass is 541 g/mol. The smallest absolute Gasteiger partial charge is 0.251 e. The third-order valence-electron chi connectivity index (χ3n) is 5.86. The number of nitrogens with zero attached hydrogens (tertiary/aromatic N) is 2. The van der Waals surface area contributed by atoms with Crippen molar-refractivity contribution in [2.45, 2.75) is 37.4 Å². The minimum absolute atomic E-state index is 0.0176. The van der Waals surface area contributed by atoms with E-state index in [1.54, 1.807) is 25.1 Å². The van der Waals surface area contributed by atoms with Crippen molar-refractivity contribution in [1.82, 2.24) is 15.1 Å². The van der Waals surface area contributed by atoms with Crippen molar-refractivity contribution in [2.24, 2.45) is 0 Å². The minimum Gasteiger partial charge on any atom is -0.348 e. The summed E-state index contributed by atoms with van der Waals surface area (Å²) >= 11 is 9.66. The van der Waals surface area contributed by atoms with Gasteiger partial charge >= 0.3 is 0 Å². The number of nitrogens with one attached hydrogen (secondary N) is 1. The Morgan fingerprint density at radius 1 is 1.22 bits per heavy atom. The molecule has 0 spiro atoms. The number of benzene rings is 2. The molecule has 0 unspecified atom stereocenters. The first-order chi connectivity index (χ1) is 15.1. The fraction of sp³-hybridized carbons (Fsp3) is 0.435. The van der Waals surface area contributed by atoms with E-state index in [1.807, 2.05) is 12.1 Å². The summed E-state index contributed by atoms with van der Waals surface area (Å²) in [7, 11) is 0.809. The van der Waals surface area contributed by atoms with E-state index in [2.05, 4.69) is 45.1 Å². The van der Waals surface area contributed by atoms with Crippen molar-refractivity contribution in [1.29, 1.82) is 0 Å². The topological polar surface area (TPSA) is 69.7 Å². The maximum absolute atomic E-state index is 12.7. The van der Waals surface area contributed by atoms with Crippen LogP contribution in [0, 0.1) is 0 Å². The number of carbonyl (C=O) groups is 1. The number of likely N-dealkylation sites (tertiary alicyclic amines) is 1. The minimum atomic E-state index is -3.42. The molecular weight excluding hydrogens is 514 g/mol. The van der Waals surface area contributed by atoms with Crippen molar-refractivity contribution in [2.75, 3.05) is 32.9 Å². The molecular formula is C23H29BrClN3O3S. The summed E-state index contributed by atoms with van der Waals surface area (Å²) in [5, 5.41) is 3.24. The zero-order valence-corrected chi connectivity index (χ0v) is 21.7. The lowest BCUT2D eigenvalue weighted by Gasteiger charge is -2.21. The first-order valence-electron chi connectivity index (χ1n) is 10.6.